The number of hydrogen-bond acceptors (Lipinski definition) is 7. The Kier molecular flexibility index (Phi) is 7.65. The summed E-state index contributed by atoms with van der Waals surface area (Å²) >= 11 is 15.6. The number of rotatable bonds is 5. The lowest BCUT2D eigenvalue weighted by Crippen LogP contribution is -2.50. The largest absolute Gasteiger partial charge is 0.359 e. The van der Waals surface area contributed by atoms with E-state index in [0.717, 1.165) is 47.8 Å². The topological polar surface area (TPSA) is 61.4 Å². The summed E-state index contributed by atoms with van der Waals surface area (Å²) in [7, 11) is 0. The third-order valence-corrected chi connectivity index (χ3v) is 9.61. The van der Waals surface area contributed by atoms with Crippen LogP contribution in [-0.4, -0.2) is 53.0 Å². The summed E-state index contributed by atoms with van der Waals surface area (Å²) in [5, 5.41) is 7.73. The van der Waals surface area contributed by atoms with Crippen molar-refractivity contribution < 1.29 is 4.79 Å². The van der Waals surface area contributed by atoms with Crippen molar-refractivity contribution in [2.75, 3.05) is 36.4 Å². The molecule has 6 nitrogen and oxygen atoms in total. The number of thiophene rings is 1. The Balaban J connectivity index is 1.37. The number of aromatic nitrogens is 2. The molecule has 1 aliphatic carbocycles. The molecule has 0 radical (unpaired) electrons. The lowest BCUT2D eigenvalue weighted by atomic mass is 9.94. The van der Waals surface area contributed by atoms with Gasteiger partial charge in [-0.15, -0.1) is 11.3 Å². The van der Waals surface area contributed by atoms with Gasteiger partial charge in [-0.2, -0.15) is 0 Å². The van der Waals surface area contributed by atoms with E-state index in [1.165, 1.54) is 43.4 Å². The average molecular weight is 551 g/mol. The van der Waals surface area contributed by atoms with Gasteiger partial charge in [-0.1, -0.05) is 53.8 Å². The number of halogens is 2. The van der Waals surface area contributed by atoms with E-state index in [2.05, 4.69) is 20.1 Å². The summed E-state index contributed by atoms with van der Waals surface area (Å²) < 4.78 is 0. The monoisotopic (exact) mass is 549 g/mol. The zero-order valence-electron chi connectivity index (χ0n) is 19.9. The summed E-state index contributed by atoms with van der Waals surface area (Å²) in [5.41, 5.74) is 2.69. The third kappa shape index (κ3) is 5.52. The van der Waals surface area contributed by atoms with Crippen LogP contribution >= 0.6 is 45.9 Å². The number of thiazole rings is 1. The molecule has 3 aromatic rings. The molecule has 0 unspecified atom stereocenters. The van der Waals surface area contributed by atoms with Gasteiger partial charge in [-0.05, 0) is 38.8 Å². The summed E-state index contributed by atoms with van der Waals surface area (Å²) in [5.74, 6) is -0.255. The highest BCUT2D eigenvalue weighted by molar-refractivity contribution is 7.21. The number of nitrogens with zero attached hydrogens (tertiary/aromatic N) is 4. The summed E-state index contributed by atoms with van der Waals surface area (Å²) in [6, 6.07) is 4.35. The van der Waals surface area contributed by atoms with Crippen LogP contribution in [0.2, 0.25) is 10.0 Å². The lowest BCUT2D eigenvalue weighted by Gasteiger charge is -2.41. The van der Waals surface area contributed by atoms with Gasteiger partial charge in [0.15, 0.2) is 5.13 Å². The second kappa shape index (κ2) is 10.7. The molecule has 3 aromatic heterocycles. The Morgan fingerprint density at radius 1 is 1.03 bits per heavy atom. The smallest absolute Gasteiger partial charge is 0.259 e. The molecule has 2 aliphatic rings. The Morgan fingerprint density at radius 2 is 1.77 bits per heavy atom. The molecule has 186 valence electrons. The fourth-order valence-corrected chi connectivity index (χ4v) is 7.32. The van der Waals surface area contributed by atoms with Crippen LogP contribution in [0.3, 0.4) is 0 Å². The van der Waals surface area contributed by atoms with E-state index < -0.39 is 0 Å². The van der Waals surface area contributed by atoms with E-state index in [-0.39, 0.29) is 5.91 Å². The van der Waals surface area contributed by atoms with Crippen molar-refractivity contribution in [2.45, 2.75) is 52.0 Å². The summed E-state index contributed by atoms with van der Waals surface area (Å²) in [6.45, 7) is 7.67. The number of anilines is 2. The minimum atomic E-state index is -0.255. The van der Waals surface area contributed by atoms with Crippen molar-refractivity contribution in [2.24, 2.45) is 0 Å². The molecule has 0 bridgehead atoms. The van der Waals surface area contributed by atoms with Crippen molar-refractivity contribution in [1.29, 1.82) is 0 Å². The van der Waals surface area contributed by atoms with E-state index in [1.807, 2.05) is 25.3 Å². The van der Waals surface area contributed by atoms with Crippen LogP contribution in [0.25, 0.3) is 10.6 Å². The minimum Gasteiger partial charge on any atom is -0.359 e. The molecule has 5 rings (SSSR count). The number of pyridine rings is 1. The maximum absolute atomic E-state index is 13.1. The molecule has 0 spiro atoms. The molecular weight excluding hydrogens is 521 g/mol. The van der Waals surface area contributed by atoms with Crippen molar-refractivity contribution in [3.63, 3.8) is 0 Å². The fraction of sp³-hybridized carbons (Fsp3) is 0.480. The highest BCUT2D eigenvalue weighted by atomic mass is 35.5. The molecule has 10 heteroatoms. The minimum absolute atomic E-state index is 0.255. The molecule has 4 heterocycles. The van der Waals surface area contributed by atoms with Gasteiger partial charge in [-0.25, -0.2) is 4.98 Å². The van der Waals surface area contributed by atoms with E-state index in [0.29, 0.717) is 32.1 Å². The van der Waals surface area contributed by atoms with Crippen molar-refractivity contribution in [3.05, 3.63) is 44.5 Å². The number of hydrogen-bond donors (Lipinski definition) is 1. The molecule has 1 N–H and O–H groups in total. The molecule has 1 saturated heterocycles. The number of carbonyl (C=O) groups is 1. The van der Waals surface area contributed by atoms with E-state index in [9.17, 15) is 4.79 Å². The normalized spacial score (nSPS) is 17.7. The maximum Gasteiger partial charge on any atom is 0.259 e. The lowest BCUT2D eigenvalue weighted by molar-refractivity contribution is 0.102. The number of carbonyl (C=O) groups excluding carboxylic acids is 1. The standard InChI is InChI=1S/C25H29Cl2N5OS2/c1-15-19(13-20(27)16(2)28-15)23(33)30-25-29-22(21-12-17(26)14-34-21)24(35-25)32-10-8-31(9-11-32)18-6-4-3-5-7-18/h12-14,18H,3-11H2,1-2H3,(H,29,30,33). The number of piperazine rings is 1. The molecular formula is C25H29Cl2N5OS2. The first-order chi connectivity index (χ1) is 16.9. The van der Waals surface area contributed by atoms with E-state index >= 15 is 0 Å². The van der Waals surface area contributed by atoms with Crippen molar-refractivity contribution in [1.82, 2.24) is 14.9 Å². The zero-order valence-corrected chi connectivity index (χ0v) is 23.1. The van der Waals surface area contributed by atoms with Crippen molar-refractivity contribution in [3.8, 4) is 10.6 Å². The van der Waals surface area contributed by atoms with Gasteiger partial charge >= 0.3 is 0 Å². The molecule has 2 fully saturated rings. The SMILES string of the molecule is Cc1nc(C)c(C(=O)Nc2nc(-c3cc(Cl)cs3)c(N3CCN(C4CCCCC4)CC3)s2)cc1Cl. The highest BCUT2D eigenvalue weighted by Crippen LogP contribution is 2.42. The van der Waals surface area contributed by atoms with Crippen LogP contribution in [0.5, 0.6) is 0 Å². The number of nitrogens with one attached hydrogen (secondary N) is 1. The first-order valence-corrected chi connectivity index (χ1v) is 14.5. The predicted octanol–water partition coefficient (Wildman–Crippen LogP) is 6.90. The Hall–Kier alpha value is -1.71. The van der Waals surface area contributed by atoms with Gasteiger partial charge in [0.25, 0.3) is 5.91 Å². The van der Waals surface area contributed by atoms with Crippen LogP contribution in [0.4, 0.5) is 10.1 Å². The van der Waals surface area contributed by atoms with E-state index in [4.69, 9.17) is 28.2 Å². The molecule has 0 aromatic carbocycles. The van der Waals surface area contributed by atoms with E-state index in [1.54, 1.807) is 17.4 Å². The second-order valence-electron chi connectivity index (χ2n) is 9.26. The second-order valence-corrected chi connectivity index (χ2v) is 12.0. The van der Waals surface area contributed by atoms with Gasteiger partial charge in [0.1, 0.15) is 10.7 Å². The Labute approximate surface area is 224 Å². The average Bonchev–Trinajstić information content (AvgIpc) is 3.48. The summed E-state index contributed by atoms with van der Waals surface area (Å²) in [6.07, 6.45) is 6.74. The zero-order chi connectivity index (χ0) is 24.5. The van der Waals surface area contributed by atoms with Gasteiger partial charge in [0.05, 0.1) is 31.9 Å². The number of amides is 1. The van der Waals surface area contributed by atoms with Crippen LogP contribution in [0.1, 0.15) is 53.8 Å². The first kappa shape index (κ1) is 25.0. The Morgan fingerprint density at radius 3 is 2.46 bits per heavy atom. The maximum atomic E-state index is 13.1. The van der Waals surface area contributed by atoms with Crippen LogP contribution in [0, 0.1) is 13.8 Å². The van der Waals surface area contributed by atoms with Crippen LogP contribution < -0.4 is 10.2 Å². The fourth-order valence-electron chi connectivity index (χ4n) is 5.01. The van der Waals surface area contributed by atoms with Crippen molar-refractivity contribution >= 4 is 61.9 Å². The molecule has 35 heavy (non-hydrogen) atoms. The first-order valence-electron chi connectivity index (χ1n) is 12.1. The van der Waals surface area contributed by atoms with Crippen LogP contribution in [-0.2, 0) is 0 Å². The molecule has 1 saturated carbocycles. The van der Waals surface area contributed by atoms with Crippen LogP contribution in [0.15, 0.2) is 17.5 Å². The molecule has 1 aliphatic heterocycles. The molecule has 1 amide bonds. The van der Waals surface area contributed by atoms with Gasteiger partial charge in [-0.3, -0.25) is 20.0 Å². The predicted molar refractivity (Wildman–Crippen MR) is 148 cm³/mol. The Bertz CT molecular complexity index is 1210. The van der Waals surface area contributed by atoms with Gasteiger partial charge < -0.3 is 4.90 Å². The number of aryl methyl sites for hydroxylation is 2. The van der Waals surface area contributed by atoms with Gasteiger partial charge in [0, 0.05) is 37.6 Å². The highest BCUT2D eigenvalue weighted by Gasteiger charge is 2.28. The third-order valence-electron chi connectivity index (χ3n) is 6.91. The summed E-state index contributed by atoms with van der Waals surface area (Å²) in [4.78, 5) is 28.4. The molecule has 0 atom stereocenters. The quantitative estimate of drug-likeness (QED) is 0.375. The van der Waals surface area contributed by atoms with Gasteiger partial charge in [0.2, 0.25) is 0 Å².